The second-order valence-electron chi connectivity index (χ2n) is 5.27. The van der Waals surface area contributed by atoms with Crippen molar-refractivity contribution in [3.63, 3.8) is 0 Å². The van der Waals surface area contributed by atoms with Crippen molar-refractivity contribution in [1.82, 2.24) is 10.2 Å². The fourth-order valence-electron chi connectivity index (χ4n) is 2.76. The molecule has 9 heteroatoms. The molecule has 3 N–H and O–H groups in total. The summed E-state index contributed by atoms with van der Waals surface area (Å²) in [5.41, 5.74) is 7.35. The van der Waals surface area contributed by atoms with Gasteiger partial charge in [-0.05, 0) is 12.1 Å². The number of anilines is 3. The number of benzene rings is 1. The summed E-state index contributed by atoms with van der Waals surface area (Å²) in [5, 5.41) is 17.3. The Morgan fingerprint density at radius 2 is 1.96 bits per heavy atom. The number of piperazine rings is 1. The molecule has 1 atom stereocenters. The van der Waals surface area contributed by atoms with Crippen molar-refractivity contribution in [3.05, 3.63) is 41.6 Å². The second-order valence-corrected chi connectivity index (χ2v) is 5.65. The van der Waals surface area contributed by atoms with Gasteiger partial charge >= 0.3 is 57.4 Å². The minimum atomic E-state index is -0.884. The maximum atomic E-state index is 11.7. The number of para-hydroxylation sites is 1. The number of rotatable bonds is 3. The van der Waals surface area contributed by atoms with E-state index in [0.717, 1.165) is 5.69 Å². The quantitative estimate of drug-likeness (QED) is 0.770. The molecule has 2 aromatic rings. The number of aliphatic carboxylic acids is 1. The van der Waals surface area contributed by atoms with E-state index in [4.69, 9.17) is 17.3 Å². The van der Waals surface area contributed by atoms with Crippen LogP contribution in [-0.4, -0.2) is 98.3 Å². The molecule has 24 heavy (non-hydrogen) atoms. The molecule has 0 spiro atoms. The van der Waals surface area contributed by atoms with E-state index in [2.05, 4.69) is 10.2 Å². The van der Waals surface area contributed by atoms with E-state index in [1.807, 2.05) is 40.1 Å². The summed E-state index contributed by atoms with van der Waals surface area (Å²) in [6.45, 7) is 1.46. The Bertz CT molecular complexity index is 718. The number of aromatic nitrogens is 2. The van der Waals surface area contributed by atoms with E-state index in [-0.39, 0.29) is 68.9 Å². The summed E-state index contributed by atoms with van der Waals surface area (Å²) >= 11 is 5.88. The molecule has 0 amide bonds. The van der Waals surface area contributed by atoms with Gasteiger partial charge in [-0.25, -0.2) is 4.79 Å². The summed E-state index contributed by atoms with van der Waals surface area (Å²) < 4.78 is 0. The summed E-state index contributed by atoms with van der Waals surface area (Å²) in [6.07, 6.45) is 0. The zero-order chi connectivity index (χ0) is 16.4. The second kappa shape index (κ2) is 8.46. The molecule has 1 aliphatic heterocycles. The third-order valence-electron chi connectivity index (χ3n) is 3.87. The monoisotopic (exact) mass is 373 g/mol. The number of carboxylic acids is 1. The van der Waals surface area contributed by atoms with E-state index in [9.17, 15) is 9.90 Å². The Morgan fingerprint density at radius 3 is 2.62 bits per heavy atom. The predicted octanol–water partition coefficient (Wildman–Crippen LogP) is 0.843. The number of carbonyl (C=O) groups is 1. The Kier molecular flexibility index (Phi) is 6.85. The molecule has 122 valence electrons. The predicted molar refractivity (Wildman–Crippen MR) is 96.0 cm³/mol. The van der Waals surface area contributed by atoms with Gasteiger partial charge < -0.3 is 20.6 Å². The van der Waals surface area contributed by atoms with Gasteiger partial charge in [0.25, 0.3) is 0 Å². The molecule has 7 nitrogen and oxygen atoms in total. The van der Waals surface area contributed by atoms with Crippen LogP contribution in [0.15, 0.2) is 36.4 Å². The number of hydrogen-bond acceptors (Lipinski definition) is 6. The van der Waals surface area contributed by atoms with Crippen LogP contribution in [0.4, 0.5) is 17.2 Å². The number of nitrogen functional groups attached to an aromatic ring is 1. The first kappa shape index (κ1) is 19.4. The van der Waals surface area contributed by atoms with Gasteiger partial charge in [-0.3, -0.25) is 0 Å². The number of halogens is 1. The summed E-state index contributed by atoms with van der Waals surface area (Å²) in [7, 11) is 0. The topological polar surface area (TPSA) is 95.6 Å². The Morgan fingerprint density at radius 1 is 1.25 bits per heavy atom. The van der Waals surface area contributed by atoms with Gasteiger partial charge in [-0.15, -0.1) is 10.2 Å². The van der Waals surface area contributed by atoms with E-state index in [1.54, 1.807) is 6.07 Å². The van der Waals surface area contributed by atoms with E-state index in [1.165, 1.54) is 0 Å². The SMILES string of the molecule is Nc1nnc(Cl)cc1N1CCN(c2ccccc2)C(C(=O)O)C1.[KH]. The molecule has 0 aliphatic carbocycles. The molecule has 1 aromatic carbocycles. The molecule has 1 saturated heterocycles. The molecule has 1 aliphatic rings. The molecule has 3 rings (SSSR count). The van der Waals surface area contributed by atoms with Gasteiger partial charge in [0.05, 0.1) is 5.69 Å². The molecule has 0 saturated carbocycles. The van der Waals surface area contributed by atoms with Gasteiger partial charge in [0.1, 0.15) is 6.04 Å². The molecule has 0 bridgehead atoms. The van der Waals surface area contributed by atoms with Crippen LogP contribution in [0.25, 0.3) is 0 Å². The molecule has 2 heterocycles. The fraction of sp³-hybridized carbons (Fsp3) is 0.267. The number of nitrogens with zero attached hydrogens (tertiary/aromatic N) is 4. The van der Waals surface area contributed by atoms with Crippen LogP contribution in [0, 0.1) is 0 Å². The van der Waals surface area contributed by atoms with Crippen molar-refractivity contribution in [2.75, 3.05) is 35.2 Å². The number of carboxylic acid groups (broad SMARTS) is 1. The van der Waals surface area contributed by atoms with E-state index >= 15 is 0 Å². The van der Waals surface area contributed by atoms with Crippen LogP contribution in [0.5, 0.6) is 0 Å². The van der Waals surface area contributed by atoms with Crippen molar-refractivity contribution in [3.8, 4) is 0 Å². The van der Waals surface area contributed by atoms with Crippen LogP contribution in [-0.2, 0) is 4.79 Å². The molecule has 0 radical (unpaired) electrons. The van der Waals surface area contributed by atoms with Crippen molar-refractivity contribution in [2.45, 2.75) is 6.04 Å². The average Bonchev–Trinajstić information content (AvgIpc) is 2.57. The third-order valence-corrected chi connectivity index (χ3v) is 4.05. The first-order chi connectivity index (χ1) is 11.1. The van der Waals surface area contributed by atoms with Crippen molar-refractivity contribution < 1.29 is 9.90 Å². The van der Waals surface area contributed by atoms with Crippen molar-refractivity contribution in [1.29, 1.82) is 0 Å². The molecular weight excluding hydrogens is 357 g/mol. The first-order valence-corrected chi connectivity index (χ1v) is 7.52. The van der Waals surface area contributed by atoms with E-state index < -0.39 is 12.0 Å². The zero-order valence-electron chi connectivity index (χ0n) is 12.3. The Hall–Kier alpha value is -0.904. The van der Waals surface area contributed by atoms with Gasteiger partial charge in [-0.2, -0.15) is 0 Å². The molecule has 1 unspecified atom stereocenters. The number of nitrogens with two attached hydrogens (primary N) is 1. The van der Waals surface area contributed by atoms with Crippen molar-refractivity contribution in [2.24, 2.45) is 0 Å². The van der Waals surface area contributed by atoms with Crippen LogP contribution in [0.2, 0.25) is 5.15 Å². The molecule has 1 aromatic heterocycles. The van der Waals surface area contributed by atoms with Gasteiger partial charge in [0, 0.05) is 31.4 Å². The Balaban J connectivity index is 0.00000208. The van der Waals surface area contributed by atoms with Gasteiger partial charge in [0.15, 0.2) is 11.0 Å². The van der Waals surface area contributed by atoms with E-state index in [0.29, 0.717) is 18.8 Å². The summed E-state index contributed by atoms with van der Waals surface area (Å²) in [6, 6.07) is 10.4. The van der Waals surface area contributed by atoms with Crippen molar-refractivity contribution >= 4 is 86.1 Å². The maximum absolute atomic E-state index is 11.7. The van der Waals surface area contributed by atoms with Gasteiger partial charge in [0.2, 0.25) is 0 Å². The first-order valence-electron chi connectivity index (χ1n) is 7.14. The van der Waals surface area contributed by atoms with Crippen LogP contribution >= 0.6 is 11.6 Å². The summed E-state index contributed by atoms with van der Waals surface area (Å²) in [4.78, 5) is 15.5. The van der Waals surface area contributed by atoms with Gasteiger partial charge in [-0.1, -0.05) is 29.8 Å². The van der Waals surface area contributed by atoms with Crippen LogP contribution in [0.3, 0.4) is 0 Å². The molecule has 1 fully saturated rings. The van der Waals surface area contributed by atoms with Crippen LogP contribution < -0.4 is 15.5 Å². The Labute approximate surface area is 187 Å². The minimum absolute atomic E-state index is 0. The number of hydrogen-bond donors (Lipinski definition) is 2. The summed E-state index contributed by atoms with van der Waals surface area (Å²) in [5.74, 6) is -0.642. The standard InChI is InChI=1S/C15H16ClN5O2.K.H/c16-13-8-11(14(17)19-18-13)20-6-7-21(12(9-20)15(22)23)10-4-2-1-3-5-10;;/h1-5,8,12H,6-7,9H2,(H2,17,19)(H,22,23);;. The zero-order valence-corrected chi connectivity index (χ0v) is 13.0. The normalized spacial score (nSPS) is 17.3. The average molecular weight is 374 g/mol. The molecular formula is C15H17ClKN5O2. The van der Waals surface area contributed by atoms with Crippen LogP contribution in [0.1, 0.15) is 0 Å². The third kappa shape index (κ3) is 4.19. The fourth-order valence-corrected chi connectivity index (χ4v) is 2.90.